The Labute approximate surface area is 426 Å². The molecule has 0 rings (SSSR count). The molecule has 0 bridgehead atoms. The zero-order valence-corrected chi connectivity index (χ0v) is 45.1. The lowest BCUT2D eigenvalue weighted by atomic mass is 10.1. The molecule has 3 unspecified atom stereocenters. The number of hydrogen-bond acceptors (Lipinski definition) is 10. The molecule has 0 radical (unpaired) electrons. The summed E-state index contributed by atoms with van der Waals surface area (Å²) >= 11 is 0. The first-order chi connectivity index (χ1) is 34.2. The highest BCUT2D eigenvalue weighted by molar-refractivity contribution is 7.47. The zero-order chi connectivity index (χ0) is 51.3. The van der Waals surface area contributed by atoms with Crippen LogP contribution in [0.1, 0.15) is 226 Å². The molecule has 0 heterocycles. The predicted octanol–water partition coefficient (Wildman–Crippen LogP) is 15.9. The highest BCUT2D eigenvalue weighted by atomic mass is 31.2. The van der Waals surface area contributed by atoms with Gasteiger partial charge in [0.1, 0.15) is 12.7 Å². The van der Waals surface area contributed by atoms with Gasteiger partial charge in [-0.2, -0.15) is 0 Å². The van der Waals surface area contributed by atoms with E-state index in [1.807, 2.05) is 6.08 Å². The Hall–Kier alpha value is -3.34. The van der Waals surface area contributed by atoms with Crippen LogP contribution in [0.25, 0.3) is 0 Å². The van der Waals surface area contributed by atoms with Crippen molar-refractivity contribution in [1.29, 1.82) is 0 Å². The first-order valence-corrected chi connectivity index (χ1v) is 29.0. The number of hydrogen-bond donors (Lipinski definition) is 2. The smallest absolute Gasteiger partial charge is 0.462 e. The molecule has 0 aromatic heterocycles. The molecule has 0 fully saturated rings. The first kappa shape index (κ1) is 66.7. The Bertz CT molecular complexity index is 1500. The van der Waals surface area contributed by atoms with Crippen LogP contribution < -0.4 is 0 Å². The molecule has 0 aliphatic heterocycles. The van der Waals surface area contributed by atoms with E-state index in [9.17, 15) is 28.9 Å². The van der Waals surface area contributed by atoms with Crippen molar-refractivity contribution in [3.8, 4) is 0 Å². The molecule has 11 nitrogen and oxygen atoms in total. The van der Waals surface area contributed by atoms with Crippen LogP contribution in [0.2, 0.25) is 0 Å². The molecule has 70 heavy (non-hydrogen) atoms. The van der Waals surface area contributed by atoms with Crippen molar-refractivity contribution in [3.05, 3.63) is 85.1 Å². The number of ether oxygens (including phenoxy) is 3. The highest BCUT2D eigenvalue weighted by Gasteiger charge is 2.28. The number of phosphoric ester groups is 1. The van der Waals surface area contributed by atoms with E-state index >= 15 is 0 Å². The number of allylic oxidation sites excluding steroid dienone is 14. The molecular formula is C58H99O11P. The monoisotopic (exact) mass is 1000 g/mol. The maximum absolute atomic E-state index is 12.9. The fraction of sp³-hybridized carbons (Fsp3) is 0.707. The van der Waals surface area contributed by atoms with Crippen molar-refractivity contribution >= 4 is 25.7 Å². The molecule has 0 saturated carbocycles. The fourth-order valence-electron chi connectivity index (χ4n) is 7.13. The summed E-state index contributed by atoms with van der Waals surface area (Å²) in [5.74, 6) is -1.55. The second kappa shape index (κ2) is 52.0. The van der Waals surface area contributed by atoms with E-state index in [-0.39, 0.29) is 25.9 Å². The Morgan fingerprint density at radius 1 is 0.414 bits per heavy atom. The second-order valence-electron chi connectivity index (χ2n) is 18.0. The number of rotatable bonds is 50. The molecule has 0 aliphatic carbocycles. The maximum atomic E-state index is 12.9. The maximum Gasteiger partial charge on any atom is 0.472 e. The molecule has 0 saturated heterocycles. The number of carbonyl (C=O) groups excluding carboxylic acids is 3. The van der Waals surface area contributed by atoms with Gasteiger partial charge in [-0.15, -0.1) is 0 Å². The lowest BCUT2D eigenvalue weighted by Gasteiger charge is -2.21. The Balaban J connectivity index is 4.85. The molecule has 2 N–H and O–H groups in total. The molecule has 402 valence electrons. The summed E-state index contributed by atoms with van der Waals surface area (Å²) in [6.45, 7) is 4.41. The van der Waals surface area contributed by atoms with Gasteiger partial charge in [-0.25, -0.2) is 4.57 Å². The van der Waals surface area contributed by atoms with Gasteiger partial charge in [0.25, 0.3) is 0 Å². The summed E-state index contributed by atoms with van der Waals surface area (Å²) in [5.41, 5.74) is 0. The molecule has 0 spiro atoms. The van der Waals surface area contributed by atoms with Crippen LogP contribution in [0.15, 0.2) is 85.1 Å². The van der Waals surface area contributed by atoms with Gasteiger partial charge in [-0.1, -0.05) is 202 Å². The van der Waals surface area contributed by atoms with Crippen molar-refractivity contribution in [2.75, 3.05) is 26.4 Å². The number of aliphatic hydroxyl groups is 1. The summed E-state index contributed by atoms with van der Waals surface area (Å²) in [5, 5.41) is 9.78. The number of phosphoric acid groups is 1. The first-order valence-electron chi connectivity index (χ1n) is 27.5. The minimum Gasteiger partial charge on any atom is -0.462 e. The van der Waals surface area contributed by atoms with Gasteiger partial charge in [0.2, 0.25) is 0 Å². The molecule has 0 aliphatic rings. The van der Waals surface area contributed by atoms with E-state index in [0.717, 1.165) is 96.3 Å². The van der Waals surface area contributed by atoms with E-state index in [0.29, 0.717) is 25.7 Å². The minimum atomic E-state index is -4.76. The van der Waals surface area contributed by atoms with Crippen LogP contribution in [-0.4, -0.2) is 66.5 Å². The highest BCUT2D eigenvalue weighted by Crippen LogP contribution is 2.43. The predicted molar refractivity (Wildman–Crippen MR) is 288 cm³/mol. The lowest BCUT2D eigenvalue weighted by molar-refractivity contribution is -0.161. The van der Waals surface area contributed by atoms with Crippen molar-refractivity contribution in [3.63, 3.8) is 0 Å². The average molecular weight is 1000 g/mol. The molecule has 3 atom stereocenters. The van der Waals surface area contributed by atoms with Crippen LogP contribution in [0.4, 0.5) is 0 Å². The molecule has 0 amide bonds. The largest absolute Gasteiger partial charge is 0.472 e. The van der Waals surface area contributed by atoms with Gasteiger partial charge in [0.05, 0.1) is 19.8 Å². The normalized spacial score (nSPS) is 14.1. The van der Waals surface area contributed by atoms with E-state index in [1.165, 1.54) is 64.2 Å². The summed E-state index contributed by atoms with van der Waals surface area (Å²) in [6.07, 6.45) is 58.4. The third-order valence-corrected chi connectivity index (χ3v) is 12.3. The number of aliphatic hydroxyl groups excluding tert-OH is 1. The van der Waals surface area contributed by atoms with Crippen molar-refractivity contribution in [1.82, 2.24) is 0 Å². The molecule has 12 heteroatoms. The van der Waals surface area contributed by atoms with Gasteiger partial charge in [-0.3, -0.25) is 23.4 Å². The van der Waals surface area contributed by atoms with Crippen LogP contribution >= 0.6 is 7.82 Å². The average Bonchev–Trinajstić information content (AvgIpc) is 3.35. The summed E-state index contributed by atoms with van der Waals surface area (Å²) in [7, 11) is -4.76. The number of unbranched alkanes of at least 4 members (excludes halogenated alkanes) is 19. The van der Waals surface area contributed by atoms with E-state index in [2.05, 4.69) is 99.8 Å². The molecular weight excluding hydrogens is 904 g/mol. The third-order valence-electron chi connectivity index (χ3n) is 11.3. The van der Waals surface area contributed by atoms with Crippen LogP contribution in [0.3, 0.4) is 0 Å². The van der Waals surface area contributed by atoms with Gasteiger partial charge >= 0.3 is 25.7 Å². The fourth-order valence-corrected chi connectivity index (χ4v) is 7.91. The Morgan fingerprint density at radius 3 is 1.21 bits per heavy atom. The van der Waals surface area contributed by atoms with Gasteiger partial charge in [-0.05, 0) is 89.9 Å². The number of esters is 3. The van der Waals surface area contributed by atoms with Crippen molar-refractivity contribution < 1.29 is 52.2 Å². The van der Waals surface area contributed by atoms with Crippen LogP contribution in [-0.2, 0) is 42.2 Å². The standard InChI is InChI=1S/C58H99O11P/c1-4-7-10-13-16-19-22-24-26-27-29-30-33-35-38-41-44-47-56(60)65-51-55(69-58(62)49-46-43-40-37-34-31-28-25-23-20-17-14-11-8-5-2)53-67-70(63,64)66-52-54(50-59)68-57(61)48-45-42-39-36-32-21-18-15-12-9-6-3/h7,10,16-17,19-20,24-26,28-30,35,38,54-55,59H,4-6,8-9,11-15,18,21-23,27,31-34,36-37,39-53H2,1-3H3,(H,63,64)/b10-7-,19-16-,20-17-,26-24-,28-25-,30-29-,38-35-. The van der Waals surface area contributed by atoms with E-state index in [1.54, 1.807) is 0 Å². The molecule has 0 aromatic carbocycles. The second-order valence-corrected chi connectivity index (χ2v) is 19.5. The lowest BCUT2D eigenvalue weighted by Crippen LogP contribution is -2.30. The minimum absolute atomic E-state index is 0.137. The van der Waals surface area contributed by atoms with Crippen molar-refractivity contribution in [2.24, 2.45) is 0 Å². The Morgan fingerprint density at radius 2 is 0.757 bits per heavy atom. The van der Waals surface area contributed by atoms with Gasteiger partial charge in [0, 0.05) is 19.3 Å². The topological polar surface area (TPSA) is 155 Å². The third kappa shape index (κ3) is 49.6. The van der Waals surface area contributed by atoms with Crippen LogP contribution in [0.5, 0.6) is 0 Å². The van der Waals surface area contributed by atoms with Gasteiger partial charge in [0.15, 0.2) is 6.10 Å². The number of carbonyl (C=O) groups is 3. The SMILES string of the molecule is CC/C=C\C/C=C\C/C=C\C/C=C\C/C=C\CCCC(=O)OCC(COP(=O)(O)OCC(CO)OC(=O)CCCCCCCCCCCCC)OC(=O)CCCCCCC/C=C\C/C=C\CCCCC. The molecule has 0 aromatic rings. The Kier molecular flexibility index (Phi) is 49.5. The van der Waals surface area contributed by atoms with E-state index < -0.39 is 57.8 Å². The quantitative estimate of drug-likeness (QED) is 0.0197. The van der Waals surface area contributed by atoms with Crippen molar-refractivity contribution in [2.45, 2.75) is 238 Å². The van der Waals surface area contributed by atoms with Crippen LogP contribution in [0, 0.1) is 0 Å². The van der Waals surface area contributed by atoms with Gasteiger partial charge < -0.3 is 24.2 Å². The summed E-state index contributed by atoms with van der Waals surface area (Å²) in [4.78, 5) is 48.4. The zero-order valence-electron chi connectivity index (χ0n) is 44.2. The summed E-state index contributed by atoms with van der Waals surface area (Å²) in [6, 6.07) is 0. The summed E-state index contributed by atoms with van der Waals surface area (Å²) < 4.78 is 39.3. The van der Waals surface area contributed by atoms with E-state index in [4.69, 9.17) is 23.3 Å².